The molecule has 4 rings (SSSR count). The fraction of sp³-hybridized carbons (Fsp3) is 0.444. The van der Waals surface area contributed by atoms with Crippen LogP contribution < -0.4 is 0 Å². The molecule has 2 N–H and O–H groups in total. The van der Waals surface area contributed by atoms with Crippen LogP contribution in [0.3, 0.4) is 0 Å². The Balaban J connectivity index is 0.000000200. The van der Waals surface area contributed by atoms with E-state index in [1.54, 1.807) is 36.3 Å². The summed E-state index contributed by atoms with van der Waals surface area (Å²) in [5.74, 6) is 2.02. The first-order chi connectivity index (χ1) is 13.5. The summed E-state index contributed by atoms with van der Waals surface area (Å²) in [6.07, 6.45) is 3.70. The summed E-state index contributed by atoms with van der Waals surface area (Å²) in [5, 5.41) is 25.5. The number of aliphatic hydroxyl groups excluding tert-OH is 1. The van der Waals surface area contributed by atoms with Crippen molar-refractivity contribution in [2.45, 2.75) is 32.4 Å². The van der Waals surface area contributed by atoms with Gasteiger partial charge in [0.1, 0.15) is 12.9 Å². The van der Waals surface area contributed by atoms with Gasteiger partial charge >= 0.3 is 0 Å². The molecule has 0 bridgehead atoms. The topological polar surface area (TPSA) is 128 Å². The molecule has 153 valence electrons. The monoisotopic (exact) mass is 492 g/mol. The average Bonchev–Trinajstić information content (AvgIpc) is 3.33. The second-order valence-electron chi connectivity index (χ2n) is 6.68. The molecule has 9 nitrogen and oxygen atoms in total. The largest absolute Gasteiger partial charge is 0.699 e. The van der Waals surface area contributed by atoms with Crippen LogP contribution in [0.15, 0.2) is 28.9 Å². The summed E-state index contributed by atoms with van der Waals surface area (Å²) in [6.45, 7) is 2.86. The normalized spacial score (nSPS) is 18.5. The van der Waals surface area contributed by atoms with Gasteiger partial charge in [-0.05, 0) is 12.0 Å². The maximum absolute atomic E-state index is 8.77. The van der Waals surface area contributed by atoms with Gasteiger partial charge in [0.25, 0.3) is 0 Å². The van der Waals surface area contributed by atoms with Gasteiger partial charge in [0, 0.05) is 45.3 Å². The summed E-state index contributed by atoms with van der Waals surface area (Å²) in [6, 6.07) is 4.99. The molecule has 0 spiro atoms. The molecular weight excluding hydrogens is 471 g/mol. The molecule has 1 saturated heterocycles. The van der Waals surface area contributed by atoms with Crippen LogP contribution in [-0.2, 0) is 46.4 Å². The number of piperidine rings is 1. The van der Waals surface area contributed by atoms with E-state index in [-0.39, 0.29) is 51.2 Å². The molecule has 29 heavy (non-hydrogen) atoms. The van der Waals surface area contributed by atoms with E-state index >= 15 is 0 Å². The molecule has 11 heteroatoms. The van der Waals surface area contributed by atoms with Gasteiger partial charge in [-0.3, -0.25) is 4.68 Å². The second-order valence-corrected chi connectivity index (χ2v) is 7.09. The number of nitrogens with zero attached hydrogens (tertiary/aromatic N) is 6. The van der Waals surface area contributed by atoms with E-state index in [0.29, 0.717) is 33.9 Å². The van der Waals surface area contributed by atoms with Gasteiger partial charge in [0.2, 0.25) is 5.89 Å². The van der Waals surface area contributed by atoms with Gasteiger partial charge in [0.15, 0.2) is 11.7 Å². The number of nitrogens with one attached hydrogen (secondary N) is 1. The molecule has 1 aliphatic rings. The number of halogens is 1. The van der Waals surface area contributed by atoms with Crippen LogP contribution in [0.5, 0.6) is 0 Å². The third-order valence-corrected chi connectivity index (χ3v) is 4.64. The number of hydrogen-bond acceptors (Lipinski definition) is 6. The minimum Gasteiger partial charge on any atom is -0.699 e. The molecule has 0 amide bonds. The standard InChI is InChI=1S/C9H8ClN4.C9H14N3O2.Y/c1-14-5-12-9(13-14)7-4-6(11)2-3-8(7)10;1-6-2-3-10-7(4-6)9-12-11-8(5-13)14-9;/h2-5,11H,1H3;6-7,13H,2-5H2,1H3;/q2*-1;. The Morgan fingerprint density at radius 1 is 1.38 bits per heavy atom. The first-order valence-corrected chi connectivity index (χ1v) is 9.31. The van der Waals surface area contributed by atoms with Crippen molar-refractivity contribution in [2.75, 3.05) is 6.54 Å². The van der Waals surface area contributed by atoms with E-state index < -0.39 is 0 Å². The van der Waals surface area contributed by atoms with E-state index in [1.807, 2.05) is 0 Å². The fourth-order valence-electron chi connectivity index (χ4n) is 2.83. The second kappa shape index (κ2) is 11.1. The summed E-state index contributed by atoms with van der Waals surface area (Å²) in [7, 11) is 1.79. The quantitative estimate of drug-likeness (QED) is 0.583. The zero-order valence-corrected chi connectivity index (χ0v) is 19.9. The van der Waals surface area contributed by atoms with Crippen LogP contribution in [0.1, 0.15) is 37.6 Å². The molecule has 1 radical (unpaired) electrons. The summed E-state index contributed by atoms with van der Waals surface area (Å²) in [4.78, 5) is 4.07. The van der Waals surface area contributed by atoms with Crippen LogP contribution in [0.25, 0.3) is 22.4 Å². The van der Waals surface area contributed by atoms with E-state index in [4.69, 9.17) is 26.9 Å². The molecule has 0 saturated carbocycles. The van der Waals surface area contributed by atoms with Crippen molar-refractivity contribution in [3.05, 3.63) is 52.4 Å². The Kier molecular flexibility index (Phi) is 9.17. The summed E-state index contributed by atoms with van der Waals surface area (Å²) in [5.41, 5.74) is 8.56. The average molecular weight is 493 g/mol. The third-order valence-electron chi connectivity index (χ3n) is 4.31. The Labute approximate surface area is 199 Å². The number of rotatable bonds is 3. The molecule has 2 aromatic heterocycles. The maximum atomic E-state index is 8.77. The number of aliphatic hydroxyl groups is 1. The van der Waals surface area contributed by atoms with Crippen molar-refractivity contribution >= 4 is 17.3 Å². The van der Waals surface area contributed by atoms with E-state index in [0.717, 1.165) is 19.4 Å². The Morgan fingerprint density at radius 3 is 2.79 bits per heavy atom. The minimum atomic E-state index is -0.199. The third kappa shape index (κ3) is 6.55. The number of hydrogen-bond donors (Lipinski definition) is 1. The van der Waals surface area contributed by atoms with E-state index in [2.05, 4.69) is 32.5 Å². The van der Waals surface area contributed by atoms with Gasteiger partial charge in [-0.2, -0.15) is 5.10 Å². The Morgan fingerprint density at radius 2 is 2.17 bits per heavy atom. The molecule has 1 aromatic carbocycles. The SMILES string of the molecule is CC1CC[N-]C(c2nnc(CO)o2)C1.Cn1cnc(-c2cc([NH-])ccc2Cl)n1.[Y]. The Hall–Kier alpha value is -1.39. The molecule has 2 atom stereocenters. The van der Waals surface area contributed by atoms with Gasteiger partial charge in [-0.25, -0.2) is 4.98 Å². The smallest absolute Gasteiger partial charge is 0.241 e. The van der Waals surface area contributed by atoms with E-state index in [1.165, 1.54) is 0 Å². The van der Waals surface area contributed by atoms with Crippen LogP contribution >= 0.6 is 11.6 Å². The molecule has 2 unspecified atom stereocenters. The first-order valence-electron chi connectivity index (χ1n) is 8.93. The Bertz CT molecular complexity index is 917. The van der Waals surface area contributed by atoms with Crippen molar-refractivity contribution in [3.63, 3.8) is 0 Å². The van der Waals surface area contributed by atoms with Crippen molar-refractivity contribution in [3.8, 4) is 11.4 Å². The molecular formula is C18H22ClN7O2Y-2. The molecule has 3 heterocycles. The molecule has 0 aliphatic carbocycles. The molecule has 3 aromatic rings. The first kappa shape index (κ1) is 23.9. The van der Waals surface area contributed by atoms with Crippen LogP contribution in [0.2, 0.25) is 5.02 Å². The van der Waals surface area contributed by atoms with Crippen LogP contribution in [0, 0.1) is 5.92 Å². The minimum absolute atomic E-state index is 0. The van der Waals surface area contributed by atoms with Gasteiger partial charge in [-0.1, -0.05) is 49.5 Å². The van der Waals surface area contributed by atoms with Crippen molar-refractivity contribution in [2.24, 2.45) is 13.0 Å². The van der Waals surface area contributed by atoms with Crippen molar-refractivity contribution in [1.82, 2.24) is 25.0 Å². The van der Waals surface area contributed by atoms with Crippen molar-refractivity contribution in [1.29, 1.82) is 0 Å². The van der Waals surface area contributed by atoms with Gasteiger partial charge < -0.3 is 20.6 Å². The predicted octanol–water partition coefficient (Wildman–Crippen LogP) is 4.22. The van der Waals surface area contributed by atoms with Crippen LogP contribution in [-0.4, -0.2) is 36.6 Å². The zero-order valence-electron chi connectivity index (χ0n) is 16.3. The van der Waals surface area contributed by atoms with Crippen LogP contribution in [0.4, 0.5) is 5.69 Å². The summed E-state index contributed by atoms with van der Waals surface area (Å²) >= 11 is 5.97. The molecule has 1 fully saturated rings. The fourth-order valence-corrected chi connectivity index (χ4v) is 3.03. The summed E-state index contributed by atoms with van der Waals surface area (Å²) < 4.78 is 6.85. The number of aromatic nitrogens is 5. The number of benzene rings is 1. The molecule has 1 aliphatic heterocycles. The van der Waals surface area contributed by atoms with E-state index in [9.17, 15) is 0 Å². The van der Waals surface area contributed by atoms with Crippen molar-refractivity contribution < 1.29 is 42.2 Å². The van der Waals surface area contributed by atoms with Gasteiger partial charge in [0.05, 0.1) is 5.02 Å². The zero-order chi connectivity index (χ0) is 20.1. The predicted molar refractivity (Wildman–Crippen MR) is 105 cm³/mol. The number of aryl methyl sites for hydroxylation is 1. The van der Waals surface area contributed by atoms with Gasteiger partial charge in [-0.15, -0.1) is 22.4 Å². The maximum Gasteiger partial charge on any atom is 0.241 e.